The first kappa shape index (κ1) is 21.3. The fraction of sp³-hybridized carbons (Fsp3) is 0.391. The second kappa shape index (κ2) is 10.4. The summed E-state index contributed by atoms with van der Waals surface area (Å²) in [4.78, 5) is 27.2. The number of ether oxygens (including phenoxy) is 1. The minimum atomic E-state index is -0.605. The Morgan fingerprint density at radius 2 is 1.86 bits per heavy atom. The van der Waals surface area contributed by atoms with Crippen molar-refractivity contribution < 1.29 is 14.3 Å². The second-order valence-electron chi connectivity index (χ2n) is 7.36. The Kier molecular flexibility index (Phi) is 7.67. The van der Waals surface area contributed by atoms with Crippen molar-refractivity contribution in [3.05, 3.63) is 70.7 Å². The van der Waals surface area contributed by atoms with Crippen LogP contribution in [0.5, 0.6) is 0 Å². The van der Waals surface area contributed by atoms with Crippen LogP contribution in [0.1, 0.15) is 30.9 Å². The maximum absolute atomic E-state index is 13.1. The van der Waals surface area contributed by atoms with Gasteiger partial charge in [0, 0.05) is 38.1 Å². The first-order valence-corrected chi connectivity index (χ1v) is 10.4. The summed E-state index contributed by atoms with van der Waals surface area (Å²) in [5.41, 5.74) is 1.93. The first-order valence-electron chi connectivity index (χ1n) is 9.98. The molecule has 6 heteroatoms. The molecule has 0 saturated carbocycles. The summed E-state index contributed by atoms with van der Waals surface area (Å²) in [6, 6.07) is 16.5. The van der Waals surface area contributed by atoms with E-state index in [-0.39, 0.29) is 17.9 Å². The second-order valence-corrected chi connectivity index (χ2v) is 7.80. The number of hydrogen-bond donors (Lipinski definition) is 1. The van der Waals surface area contributed by atoms with Gasteiger partial charge in [-0.25, -0.2) is 0 Å². The van der Waals surface area contributed by atoms with Crippen molar-refractivity contribution in [3.8, 4) is 0 Å². The lowest BCUT2D eigenvalue weighted by Crippen LogP contribution is -2.51. The highest BCUT2D eigenvalue weighted by molar-refractivity contribution is 6.30. The standard InChI is InChI=1S/C23H27ClN2O3/c1-17(27)26(16-19-9-11-20(24)12-10-19)22(14-18-6-3-2-4-7-18)23(28)25-15-21-8-5-13-29-21/h2-4,6-7,9-12,21-22H,5,8,13-16H2,1H3,(H,25,28)/t21-,22+/m1/s1. The Morgan fingerprint density at radius 3 is 2.48 bits per heavy atom. The van der Waals surface area contributed by atoms with Gasteiger partial charge in [0.15, 0.2) is 0 Å². The Bertz CT molecular complexity index is 805. The molecule has 2 aromatic carbocycles. The van der Waals surface area contributed by atoms with E-state index in [2.05, 4.69) is 5.32 Å². The molecule has 1 N–H and O–H groups in total. The Morgan fingerprint density at radius 1 is 1.14 bits per heavy atom. The molecule has 2 aromatic rings. The SMILES string of the molecule is CC(=O)N(Cc1ccc(Cl)cc1)[C@@H](Cc1ccccc1)C(=O)NC[C@H]1CCCO1. The van der Waals surface area contributed by atoms with Crippen LogP contribution in [0.4, 0.5) is 0 Å². The lowest BCUT2D eigenvalue weighted by molar-refractivity contribution is -0.139. The fourth-order valence-corrected chi connectivity index (χ4v) is 3.67. The van der Waals surface area contributed by atoms with Crippen molar-refractivity contribution in [3.63, 3.8) is 0 Å². The largest absolute Gasteiger partial charge is 0.376 e. The molecule has 3 rings (SSSR count). The quantitative estimate of drug-likeness (QED) is 0.718. The number of amides is 2. The molecule has 1 heterocycles. The molecule has 1 fully saturated rings. The van der Waals surface area contributed by atoms with E-state index in [1.807, 2.05) is 42.5 Å². The minimum Gasteiger partial charge on any atom is -0.376 e. The van der Waals surface area contributed by atoms with Gasteiger partial charge in [-0.3, -0.25) is 9.59 Å². The third kappa shape index (κ3) is 6.31. The van der Waals surface area contributed by atoms with Gasteiger partial charge in [0.25, 0.3) is 0 Å². The van der Waals surface area contributed by atoms with E-state index < -0.39 is 6.04 Å². The monoisotopic (exact) mass is 414 g/mol. The van der Waals surface area contributed by atoms with Crippen LogP contribution in [0.25, 0.3) is 0 Å². The molecule has 0 aromatic heterocycles. The Hall–Kier alpha value is -2.37. The molecular formula is C23H27ClN2O3. The van der Waals surface area contributed by atoms with Crippen molar-refractivity contribution in [1.82, 2.24) is 10.2 Å². The third-order valence-corrected chi connectivity index (χ3v) is 5.40. The molecule has 2 atom stereocenters. The highest BCUT2D eigenvalue weighted by atomic mass is 35.5. The zero-order valence-corrected chi connectivity index (χ0v) is 17.4. The molecule has 1 saturated heterocycles. The van der Waals surface area contributed by atoms with Crippen LogP contribution >= 0.6 is 11.6 Å². The number of nitrogens with zero attached hydrogens (tertiary/aromatic N) is 1. The average molecular weight is 415 g/mol. The van der Waals surface area contributed by atoms with Gasteiger partial charge in [-0.05, 0) is 36.1 Å². The van der Waals surface area contributed by atoms with Gasteiger partial charge in [-0.1, -0.05) is 54.1 Å². The summed E-state index contributed by atoms with van der Waals surface area (Å²) in [6.07, 6.45) is 2.47. The van der Waals surface area contributed by atoms with Crippen LogP contribution in [-0.4, -0.2) is 42.0 Å². The van der Waals surface area contributed by atoms with Crippen LogP contribution < -0.4 is 5.32 Å². The van der Waals surface area contributed by atoms with Gasteiger partial charge in [-0.15, -0.1) is 0 Å². The molecule has 1 aliphatic rings. The summed E-state index contributed by atoms with van der Waals surface area (Å²) < 4.78 is 5.61. The molecule has 0 unspecified atom stereocenters. The molecule has 2 amide bonds. The van der Waals surface area contributed by atoms with Crippen LogP contribution in [0, 0.1) is 0 Å². The molecule has 154 valence electrons. The zero-order chi connectivity index (χ0) is 20.6. The predicted octanol–water partition coefficient (Wildman–Crippen LogP) is 3.60. The van der Waals surface area contributed by atoms with Gasteiger partial charge in [0.1, 0.15) is 6.04 Å². The van der Waals surface area contributed by atoms with Crippen molar-refractivity contribution in [2.45, 2.75) is 44.9 Å². The van der Waals surface area contributed by atoms with E-state index in [1.165, 1.54) is 6.92 Å². The smallest absolute Gasteiger partial charge is 0.243 e. The highest BCUT2D eigenvalue weighted by Gasteiger charge is 2.29. The maximum Gasteiger partial charge on any atom is 0.243 e. The van der Waals surface area contributed by atoms with Gasteiger partial charge in [0.2, 0.25) is 11.8 Å². The molecule has 0 spiro atoms. The summed E-state index contributed by atoms with van der Waals surface area (Å²) in [5, 5.41) is 3.63. The summed E-state index contributed by atoms with van der Waals surface area (Å²) in [7, 11) is 0. The number of hydrogen-bond acceptors (Lipinski definition) is 3. The number of nitrogens with one attached hydrogen (secondary N) is 1. The summed E-state index contributed by atoms with van der Waals surface area (Å²) in [5.74, 6) is -0.304. The van der Waals surface area contributed by atoms with Crippen LogP contribution in [0.3, 0.4) is 0 Å². The topological polar surface area (TPSA) is 58.6 Å². The Balaban J connectivity index is 1.78. The molecule has 29 heavy (non-hydrogen) atoms. The van der Waals surface area contributed by atoms with Gasteiger partial charge in [-0.2, -0.15) is 0 Å². The average Bonchev–Trinajstić information content (AvgIpc) is 3.24. The number of rotatable bonds is 8. The summed E-state index contributed by atoms with van der Waals surface area (Å²) in [6.45, 7) is 3.06. The van der Waals surface area contributed by atoms with Crippen molar-refractivity contribution >= 4 is 23.4 Å². The lowest BCUT2D eigenvalue weighted by atomic mass is 10.0. The van der Waals surface area contributed by atoms with E-state index in [4.69, 9.17) is 16.3 Å². The van der Waals surface area contributed by atoms with E-state index in [1.54, 1.807) is 17.0 Å². The zero-order valence-electron chi connectivity index (χ0n) is 16.6. The number of carbonyl (C=O) groups is 2. The van der Waals surface area contributed by atoms with Crippen LogP contribution in [-0.2, 0) is 27.3 Å². The first-order chi connectivity index (χ1) is 14.0. The fourth-order valence-electron chi connectivity index (χ4n) is 3.55. The van der Waals surface area contributed by atoms with Crippen molar-refractivity contribution in [1.29, 1.82) is 0 Å². The molecule has 0 radical (unpaired) electrons. The molecule has 0 aliphatic carbocycles. The number of benzene rings is 2. The lowest BCUT2D eigenvalue weighted by Gasteiger charge is -2.31. The number of carbonyl (C=O) groups excluding carboxylic acids is 2. The Labute approximate surface area is 177 Å². The molecule has 5 nitrogen and oxygen atoms in total. The van der Waals surface area contributed by atoms with E-state index in [9.17, 15) is 9.59 Å². The highest BCUT2D eigenvalue weighted by Crippen LogP contribution is 2.17. The van der Waals surface area contributed by atoms with Crippen molar-refractivity contribution in [2.75, 3.05) is 13.2 Å². The molecule has 1 aliphatic heterocycles. The number of halogens is 1. The van der Waals surface area contributed by atoms with Crippen LogP contribution in [0.2, 0.25) is 5.02 Å². The van der Waals surface area contributed by atoms with E-state index >= 15 is 0 Å². The minimum absolute atomic E-state index is 0.0540. The van der Waals surface area contributed by atoms with E-state index in [0.29, 0.717) is 24.5 Å². The molecule has 0 bridgehead atoms. The van der Waals surface area contributed by atoms with Crippen LogP contribution in [0.15, 0.2) is 54.6 Å². The van der Waals surface area contributed by atoms with Gasteiger partial charge >= 0.3 is 0 Å². The summed E-state index contributed by atoms with van der Waals surface area (Å²) >= 11 is 5.98. The van der Waals surface area contributed by atoms with Gasteiger partial charge in [0.05, 0.1) is 6.10 Å². The van der Waals surface area contributed by atoms with Gasteiger partial charge < -0.3 is 15.0 Å². The third-order valence-electron chi connectivity index (χ3n) is 5.15. The predicted molar refractivity (Wildman–Crippen MR) is 114 cm³/mol. The van der Waals surface area contributed by atoms with Crippen molar-refractivity contribution in [2.24, 2.45) is 0 Å². The molecular weight excluding hydrogens is 388 g/mol. The maximum atomic E-state index is 13.1. The van der Waals surface area contributed by atoms with E-state index in [0.717, 1.165) is 30.6 Å². The normalized spacial score (nSPS) is 17.0.